The van der Waals surface area contributed by atoms with Gasteiger partial charge in [0.15, 0.2) is 0 Å². The molecule has 5 nitrogen and oxygen atoms in total. The molecule has 104 valence electrons. The highest BCUT2D eigenvalue weighted by atomic mass is 16.1. The average molecular weight is 262 g/mol. The minimum absolute atomic E-state index is 0.310. The Hall–Kier alpha value is -1.62. The zero-order valence-electron chi connectivity index (χ0n) is 11.4. The van der Waals surface area contributed by atoms with Gasteiger partial charge in [0.25, 0.3) is 5.91 Å². The van der Waals surface area contributed by atoms with Crippen molar-refractivity contribution in [1.29, 1.82) is 0 Å². The van der Waals surface area contributed by atoms with Gasteiger partial charge in [-0.05, 0) is 37.4 Å². The normalized spacial score (nSPS) is 23.1. The van der Waals surface area contributed by atoms with Gasteiger partial charge in [-0.25, -0.2) is 0 Å². The van der Waals surface area contributed by atoms with Crippen LogP contribution in [0.5, 0.6) is 0 Å². The van der Waals surface area contributed by atoms with Crippen LogP contribution < -0.4 is 16.4 Å². The maximum atomic E-state index is 11.2. The third kappa shape index (κ3) is 3.04. The number of anilines is 1. The van der Waals surface area contributed by atoms with E-state index in [4.69, 9.17) is 11.5 Å². The summed E-state index contributed by atoms with van der Waals surface area (Å²) in [5.41, 5.74) is 12.4. The van der Waals surface area contributed by atoms with Gasteiger partial charge in [-0.2, -0.15) is 0 Å². The number of rotatable bonds is 4. The number of aromatic nitrogens is 1. The monoisotopic (exact) mass is 262 g/mol. The van der Waals surface area contributed by atoms with Gasteiger partial charge in [0, 0.05) is 25.0 Å². The molecule has 0 aromatic carbocycles. The first-order chi connectivity index (χ1) is 9.13. The maximum Gasteiger partial charge on any atom is 0.267 e. The lowest BCUT2D eigenvalue weighted by Gasteiger charge is -2.38. The number of hydrogen-bond acceptors (Lipinski definition) is 4. The molecule has 1 aromatic rings. The Balaban J connectivity index is 2.20. The fourth-order valence-corrected chi connectivity index (χ4v) is 2.94. The molecule has 1 amide bonds. The number of hydrogen-bond donors (Lipinski definition) is 2. The summed E-state index contributed by atoms with van der Waals surface area (Å²) in [6, 6.07) is 4.10. The second-order valence-electron chi connectivity index (χ2n) is 5.22. The van der Waals surface area contributed by atoms with E-state index in [2.05, 4.69) is 16.9 Å². The summed E-state index contributed by atoms with van der Waals surface area (Å²) in [7, 11) is 2.05. The van der Waals surface area contributed by atoms with Gasteiger partial charge < -0.3 is 16.4 Å². The lowest BCUT2D eigenvalue weighted by Crippen LogP contribution is -2.43. The smallest absolute Gasteiger partial charge is 0.267 e. The molecular formula is C14H22N4O. The average Bonchev–Trinajstić information content (AvgIpc) is 2.46. The molecule has 2 atom stereocenters. The summed E-state index contributed by atoms with van der Waals surface area (Å²) < 4.78 is 0. The summed E-state index contributed by atoms with van der Waals surface area (Å²) in [5.74, 6) is 0.0261. The second-order valence-corrected chi connectivity index (χ2v) is 5.22. The van der Waals surface area contributed by atoms with Crippen LogP contribution in [-0.2, 0) is 0 Å². The molecule has 4 N–H and O–H groups in total. The predicted molar refractivity (Wildman–Crippen MR) is 76.0 cm³/mol. The van der Waals surface area contributed by atoms with Crippen molar-refractivity contribution in [3.05, 3.63) is 24.0 Å². The van der Waals surface area contributed by atoms with Gasteiger partial charge in [-0.15, -0.1) is 0 Å². The summed E-state index contributed by atoms with van der Waals surface area (Å²) in [6.45, 7) is 0.711. The molecule has 1 aliphatic carbocycles. The van der Waals surface area contributed by atoms with E-state index in [0.717, 1.165) is 12.1 Å². The van der Waals surface area contributed by atoms with E-state index >= 15 is 0 Å². The molecule has 1 aliphatic rings. The van der Waals surface area contributed by atoms with E-state index in [-0.39, 0.29) is 0 Å². The quantitative estimate of drug-likeness (QED) is 0.852. The fourth-order valence-electron chi connectivity index (χ4n) is 2.94. The highest BCUT2D eigenvalue weighted by Gasteiger charge is 2.27. The summed E-state index contributed by atoms with van der Waals surface area (Å²) in [6.07, 6.45) is 6.45. The number of carbonyl (C=O) groups excluding carboxylic acids is 1. The highest BCUT2D eigenvalue weighted by molar-refractivity contribution is 5.91. The van der Waals surface area contributed by atoms with Crippen LogP contribution in [-0.4, -0.2) is 30.5 Å². The van der Waals surface area contributed by atoms with E-state index in [1.807, 2.05) is 6.07 Å². The van der Waals surface area contributed by atoms with Crippen LogP contribution in [0.1, 0.15) is 36.2 Å². The summed E-state index contributed by atoms with van der Waals surface area (Å²) >= 11 is 0. The standard InChI is InChI=1S/C14H22N4O/c1-18(13-5-3-2-4-10(13)9-15)11-6-7-17-12(8-11)14(16)19/h6-8,10,13H,2-5,9,15H2,1H3,(H2,16,19). The van der Waals surface area contributed by atoms with Crippen LogP contribution in [0.15, 0.2) is 18.3 Å². The van der Waals surface area contributed by atoms with Crippen molar-refractivity contribution in [2.45, 2.75) is 31.7 Å². The minimum atomic E-state index is -0.491. The van der Waals surface area contributed by atoms with Crippen molar-refractivity contribution in [3.8, 4) is 0 Å². The van der Waals surface area contributed by atoms with Crippen LogP contribution in [0.3, 0.4) is 0 Å². The third-order valence-corrected chi connectivity index (χ3v) is 4.07. The molecule has 19 heavy (non-hydrogen) atoms. The van der Waals surface area contributed by atoms with E-state index in [1.54, 1.807) is 12.3 Å². The van der Waals surface area contributed by atoms with Crippen molar-refractivity contribution in [1.82, 2.24) is 4.98 Å². The second kappa shape index (κ2) is 6.02. The molecule has 1 saturated carbocycles. The Morgan fingerprint density at radius 2 is 2.21 bits per heavy atom. The van der Waals surface area contributed by atoms with Crippen LogP contribution in [0.4, 0.5) is 5.69 Å². The summed E-state index contributed by atoms with van der Waals surface area (Å²) in [4.78, 5) is 17.4. The van der Waals surface area contributed by atoms with Gasteiger partial charge >= 0.3 is 0 Å². The molecule has 1 heterocycles. The number of amides is 1. The predicted octanol–water partition coefficient (Wildman–Crippen LogP) is 1.13. The Labute approximate surface area is 114 Å². The molecule has 0 radical (unpaired) electrons. The van der Waals surface area contributed by atoms with Gasteiger partial charge in [0.05, 0.1) is 0 Å². The Bertz CT molecular complexity index is 449. The molecule has 5 heteroatoms. The van der Waals surface area contributed by atoms with E-state index in [9.17, 15) is 4.79 Å². The highest BCUT2D eigenvalue weighted by Crippen LogP contribution is 2.30. The lowest BCUT2D eigenvalue weighted by atomic mass is 9.83. The molecule has 0 aliphatic heterocycles. The van der Waals surface area contributed by atoms with Gasteiger partial charge in [0.1, 0.15) is 5.69 Å². The molecule has 1 fully saturated rings. The van der Waals surface area contributed by atoms with E-state index < -0.39 is 5.91 Å². The van der Waals surface area contributed by atoms with Crippen molar-refractivity contribution >= 4 is 11.6 Å². The first-order valence-corrected chi connectivity index (χ1v) is 6.82. The molecule has 0 saturated heterocycles. The minimum Gasteiger partial charge on any atom is -0.371 e. The SMILES string of the molecule is CN(c1ccnc(C(N)=O)c1)C1CCCCC1CN. The number of nitrogens with two attached hydrogens (primary N) is 2. The molecule has 0 spiro atoms. The molecule has 1 aromatic heterocycles. The molecule has 2 rings (SSSR count). The van der Waals surface area contributed by atoms with Crippen molar-refractivity contribution in [3.63, 3.8) is 0 Å². The number of nitrogens with zero attached hydrogens (tertiary/aromatic N) is 2. The van der Waals surface area contributed by atoms with Gasteiger partial charge in [0.2, 0.25) is 0 Å². The Morgan fingerprint density at radius 1 is 1.47 bits per heavy atom. The van der Waals surface area contributed by atoms with Crippen molar-refractivity contribution < 1.29 is 4.79 Å². The molecule has 0 bridgehead atoms. The first kappa shape index (κ1) is 13.8. The summed E-state index contributed by atoms with van der Waals surface area (Å²) in [5, 5.41) is 0. The number of primary amides is 1. The largest absolute Gasteiger partial charge is 0.371 e. The van der Waals surface area contributed by atoms with E-state index in [1.165, 1.54) is 19.3 Å². The van der Waals surface area contributed by atoms with E-state index in [0.29, 0.717) is 24.2 Å². The van der Waals surface area contributed by atoms with Gasteiger partial charge in [-0.3, -0.25) is 9.78 Å². The topological polar surface area (TPSA) is 85.2 Å². The Kier molecular flexibility index (Phi) is 4.37. The zero-order chi connectivity index (χ0) is 13.8. The molecule has 2 unspecified atom stereocenters. The first-order valence-electron chi connectivity index (χ1n) is 6.82. The van der Waals surface area contributed by atoms with Crippen molar-refractivity contribution in [2.24, 2.45) is 17.4 Å². The Morgan fingerprint density at radius 3 is 2.89 bits per heavy atom. The van der Waals surface area contributed by atoms with Crippen LogP contribution in [0, 0.1) is 5.92 Å². The third-order valence-electron chi connectivity index (χ3n) is 4.07. The maximum absolute atomic E-state index is 11.2. The fraction of sp³-hybridized carbons (Fsp3) is 0.571. The van der Waals surface area contributed by atoms with Crippen LogP contribution >= 0.6 is 0 Å². The molecular weight excluding hydrogens is 240 g/mol. The van der Waals surface area contributed by atoms with Crippen LogP contribution in [0.2, 0.25) is 0 Å². The zero-order valence-corrected chi connectivity index (χ0v) is 11.4. The van der Waals surface area contributed by atoms with Crippen LogP contribution in [0.25, 0.3) is 0 Å². The number of carbonyl (C=O) groups is 1. The number of pyridine rings is 1. The van der Waals surface area contributed by atoms with Crippen molar-refractivity contribution in [2.75, 3.05) is 18.5 Å². The lowest BCUT2D eigenvalue weighted by molar-refractivity contribution is 0.0995. The van der Waals surface area contributed by atoms with Gasteiger partial charge in [-0.1, -0.05) is 12.8 Å².